The van der Waals surface area contributed by atoms with Gasteiger partial charge in [0.25, 0.3) is 0 Å². The number of carbonyl (C=O) groups is 2. The summed E-state index contributed by atoms with van der Waals surface area (Å²) in [6.45, 7) is 11.6. The number of allylic oxidation sites excluding steroid dienone is 3. The first-order chi connectivity index (χ1) is 11.5. The van der Waals surface area contributed by atoms with Crippen LogP contribution in [-0.2, 0) is 14.3 Å². The summed E-state index contributed by atoms with van der Waals surface area (Å²) in [6.07, 6.45) is 6.86. The lowest BCUT2D eigenvalue weighted by atomic mass is 9.60. The lowest BCUT2D eigenvalue weighted by Crippen LogP contribution is -2.50. The Labute approximate surface area is 151 Å². The van der Waals surface area contributed by atoms with Gasteiger partial charge in [0.15, 0.2) is 5.78 Å². The van der Waals surface area contributed by atoms with E-state index in [1.54, 1.807) is 19.1 Å². The first-order valence-corrected chi connectivity index (χ1v) is 8.96. The van der Waals surface area contributed by atoms with Crippen molar-refractivity contribution in [1.82, 2.24) is 0 Å². The van der Waals surface area contributed by atoms with Crippen LogP contribution in [0, 0.1) is 11.3 Å². The van der Waals surface area contributed by atoms with E-state index in [4.69, 9.17) is 0 Å². The molecule has 1 N–H and O–H groups in total. The lowest BCUT2D eigenvalue weighted by molar-refractivity contribution is -0.134. The molecule has 0 unspecified atom stereocenters. The SMILES string of the molecule is CCC(CC)C1=C(C)[C@](O)(/C=C/C(C)=C\C(=O)OC)C(C)(C)CC1=O. The van der Waals surface area contributed by atoms with E-state index < -0.39 is 17.0 Å². The second-order valence-electron chi connectivity index (χ2n) is 7.55. The van der Waals surface area contributed by atoms with Crippen LogP contribution in [0.4, 0.5) is 0 Å². The van der Waals surface area contributed by atoms with Gasteiger partial charge in [0, 0.05) is 23.5 Å². The minimum absolute atomic E-state index is 0.135. The zero-order valence-electron chi connectivity index (χ0n) is 16.6. The molecule has 25 heavy (non-hydrogen) atoms. The fourth-order valence-electron chi connectivity index (χ4n) is 3.68. The Hall–Kier alpha value is -1.68. The van der Waals surface area contributed by atoms with Crippen LogP contribution in [-0.4, -0.2) is 29.6 Å². The number of Topliss-reactive ketones (excluding diaryl/α,β-unsaturated/α-hetero) is 1. The number of aliphatic hydroxyl groups is 1. The summed E-state index contributed by atoms with van der Waals surface area (Å²) in [4.78, 5) is 24.1. The maximum absolute atomic E-state index is 12.7. The number of carbonyl (C=O) groups excluding carboxylic acids is 2. The van der Waals surface area contributed by atoms with Crippen molar-refractivity contribution in [1.29, 1.82) is 0 Å². The number of hydrogen-bond acceptors (Lipinski definition) is 4. The Kier molecular flexibility index (Phi) is 6.95. The van der Waals surface area contributed by atoms with Crippen molar-refractivity contribution in [2.75, 3.05) is 7.11 Å². The van der Waals surface area contributed by atoms with Crippen molar-refractivity contribution in [3.63, 3.8) is 0 Å². The third-order valence-corrected chi connectivity index (χ3v) is 5.44. The van der Waals surface area contributed by atoms with Gasteiger partial charge in [0.1, 0.15) is 5.60 Å². The predicted molar refractivity (Wildman–Crippen MR) is 100 cm³/mol. The smallest absolute Gasteiger partial charge is 0.330 e. The Bertz CT molecular complexity index is 618. The van der Waals surface area contributed by atoms with Gasteiger partial charge in [0.2, 0.25) is 0 Å². The van der Waals surface area contributed by atoms with Gasteiger partial charge in [-0.15, -0.1) is 0 Å². The number of methoxy groups -OCH3 is 1. The molecule has 0 spiro atoms. The monoisotopic (exact) mass is 348 g/mol. The van der Waals surface area contributed by atoms with Crippen molar-refractivity contribution in [3.05, 3.63) is 34.9 Å². The Morgan fingerprint density at radius 1 is 1.32 bits per heavy atom. The topological polar surface area (TPSA) is 63.6 Å². The molecule has 0 aromatic rings. The van der Waals surface area contributed by atoms with Crippen LogP contribution in [0.1, 0.15) is 60.8 Å². The molecule has 1 aliphatic carbocycles. The van der Waals surface area contributed by atoms with Gasteiger partial charge in [-0.2, -0.15) is 0 Å². The standard InChI is InChI=1S/C21H32O4/c1-8-16(9-2)19-15(4)21(24,20(5,6)13-17(19)22)11-10-14(3)12-18(23)25-7/h10-12,16,24H,8-9,13H2,1-7H3/b11-10+,14-12-/t21-/m1/s1. The van der Waals surface area contributed by atoms with Crippen LogP contribution in [0.3, 0.4) is 0 Å². The van der Waals surface area contributed by atoms with Crippen molar-refractivity contribution >= 4 is 11.8 Å². The average molecular weight is 348 g/mol. The van der Waals surface area contributed by atoms with Crippen LogP contribution in [0.15, 0.2) is 34.9 Å². The molecule has 0 fully saturated rings. The molecule has 0 heterocycles. The molecule has 0 saturated carbocycles. The van der Waals surface area contributed by atoms with E-state index in [-0.39, 0.29) is 11.7 Å². The molecule has 140 valence electrons. The van der Waals surface area contributed by atoms with Gasteiger partial charge < -0.3 is 9.84 Å². The van der Waals surface area contributed by atoms with Crippen LogP contribution >= 0.6 is 0 Å². The first-order valence-electron chi connectivity index (χ1n) is 8.96. The molecule has 0 radical (unpaired) electrons. The number of hydrogen-bond donors (Lipinski definition) is 1. The molecule has 0 aliphatic heterocycles. The molecule has 1 aliphatic rings. The van der Waals surface area contributed by atoms with E-state index in [2.05, 4.69) is 18.6 Å². The quantitative estimate of drug-likeness (QED) is 0.445. The van der Waals surface area contributed by atoms with Crippen molar-refractivity contribution in [3.8, 4) is 0 Å². The molecule has 1 atom stereocenters. The number of rotatable bonds is 6. The van der Waals surface area contributed by atoms with E-state index in [1.807, 2.05) is 20.8 Å². The summed E-state index contributed by atoms with van der Waals surface area (Å²) in [7, 11) is 1.33. The van der Waals surface area contributed by atoms with Gasteiger partial charge in [0.05, 0.1) is 7.11 Å². The Morgan fingerprint density at radius 3 is 2.36 bits per heavy atom. The summed E-state index contributed by atoms with van der Waals surface area (Å²) in [5.41, 5.74) is 0.330. The average Bonchev–Trinajstić information content (AvgIpc) is 2.54. The highest BCUT2D eigenvalue weighted by Gasteiger charge is 2.50. The molecule has 0 aromatic carbocycles. The molecule has 0 aromatic heterocycles. The normalized spacial score (nSPS) is 24.4. The maximum atomic E-state index is 12.7. The van der Waals surface area contributed by atoms with E-state index in [0.717, 1.165) is 24.0 Å². The summed E-state index contributed by atoms with van der Waals surface area (Å²) >= 11 is 0. The van der Waals surface area contributed by atoms with Gasteiger partial charge in [-0.3, -0.25) is 4.79 Å². The second-order valence-corrected chi connectivity index (χ2v) is 7.55. The third kappa shape index (κ3) is 4.30. The second kappa shape index (κ2) is 8.13. The van der Waals surface area contributed by atoms with Crippen LogP contribution in [0.25, 0.3) is 0 Å². The van der Waals surface area contributed by atoms with Crippen molar-refractivity contribution < 1.29 is 19.4 Å². The highest BCUT2D eigenvalue weighted by atomic mass is 16.5. The molecule has 4 heteroatoms. The minimum atomic E-state index is -1.23. The highest BCUT2D eigenvalue weighted by Crippen LogP contribution is 2.48. The van der Waals surface area contributed by atoms with Gasteiger partial charge in [-0.05, 0) is 49.8 Å². The fourth-order valence-corrected chi connectivity index (χ4v) is 3.68. The minimum Gasteiger partial charge on any atom is -0.466 e. The molecule has 0 bridgehead atoms. The summed E-state index contributed by atoms with van der Waals surface area (Å²) in [6, 6.07) is 0. The predicted octanol–water partition coefficient (Wildman–Crippen LogP) is 4.14. The number of ketones is 1. The van der Waals surface area contributed by atoms with E-state index in [1.165, 1.54) is 13.2 Å². The van der Waals surface area contributed by atoms with E-state index in [0.29, 0.717) is 12.0 Å². The zero-order chi connectivity index (χ0) is 19.4. The van der Waals surface area contributed by atoms with Crippen molar-refractivity contribution in [2.24, 2.45) is 11.3 Å². The Morgan fingerprint density at radius 2 is 1.88 bits per heavy atom. The molecule has 0 amide bonds. The molecular formula is C21H32O4. The van der Waals surface area contributed by atoms with Gasteiger partial charge >= 0.3 is 5.97 Å². The number of esters is 1. The summed E-state index contributed by atoms with van der Waals surface area (Å²) < 4.78 is 4.63. The summed E-state index contributed by atoms with van der Waals surface area (Å²) in [5, 5.41) is 11.5. The third-order valence-electron chi connectivity index (χ3n) is 5.44. The van der Waals surface area contributed by atoms with Gasteiger partial charge in [-0.1, -0.05) is 33.8 Å². The van der Waals surface area contributed by atoms with Gasteiger partial charge in [-0.25, -0.2) is 4.79 Å². The highest BCUT2D eigenvalue weighted by molar-refractivity contribution is 5.99. The van der Waals surface area contributed by atoms with E-state index >= 15 is 0 Å². The van der Waals surface area contributed by atoms with Crippen LogP contribution < -0.4 is 0 Å². The molecule has 0 saturated heterocycles. The lowest BCUT2D eigenvalue weighted by Gasteiger charge is -2.46. The zero-order valence-corrected chi connectivity index (χ0v) is 16.6. The van der Waals surface area contributed by atoms with Crippen LogP contribution in [0.5, 0.6) is 0 Å². The van der Waals surface area contributed by atoms with Crippen LogP contribution in [0.2, 0.25) is 0 Å². The first kappa shape index (κ1) is 21.4. The fraction of sp³-hybridized carbons (Fsp3) is 0.619. The summed E-state index contributed by atoms with van der Waals surface area (Å²) in [5.74, 6) is -0.136. The molecule has 4 nitrogen and oxygen atoms in total. The van der Waals surface area contributed by atoms with Crippen molar-refractivity contribution in [2.45, 2.75) is 66.4 Å². The molecular weight excluding hydrogens is 316 g/mol. The van der Waals surface area contributed by atoms with E-state index in [9.17, 15) is 14.7 Å². The largest absolute Gasteiger partial charge is 0.466 e. The maximum Gasteiger partial charge on any atom is 0.330 e. The molecule has 1 rings (SSSR count). The number of ether oxygens (including phenoxy) is 1. The Balaban J connectivity index is 3.42.